The summed E-state index contributed by atoms with van der Waals surface area (Å²) < 4.78 is 1.10. The number of halogens is 2. The average Bonchev–Trinajstić information content (AvgIpc) is 2.36. The minimum absolute atomic E-state index is 0.376. The zero-order chi connectivity index (χ0) is 13.1. The lowest BCUT2D eigenvalue weighted by atomic mass is 10.1. The van der Waals surface area contributed by atoms with Crippen molar-refractivity contribution in [2.75, 3.05) is 17.3 Å². The first-order valence-electron chi connectivity index (χ1n) is 6.01. The topological polar surface area (TPSA) is 16.1 Å². The molecule has 2 aromatic rings. The molecule has 0 aliphatic heterocycles. The van der Waals surface area contributed by atoms with E-state index >= 15 is 0 Å². The van der Waals surface area contributed by atoms with E-state index in [9.17, 15) is 0 Å². The van der Waals surface area contributed by atoms with Crippen molar-refractivity contribution in [2.24, 2.45) is 0 Å². The molecule has 2 rings (SSSR count). The number of aromatic nitrogens is 1. The highest BCUT2D eigenvalue weighted by molar-refractivity contribution is 9.10. The maximum atomic E-state index is 5.89. The maximum Gasteiger partial charge on any atom is 0.136 e. The van der Waals surface area contributed by atoms with Gasteiger partial charge in [-0.1, -0.05) is 28.1 Å². The van der Waals surface area contributed by atoms with Gasteiger partial charge in [0.1, 0.15) is 5.82 Å². The molecule has 2 nitrogen and oxygen atoms in total. The van der Waals surface area contributed by atoms with Gasteiger partial charge in [-0.05, 0) is 26.0 Å². The third kappa shape index (κ3) is 2.62. The Morgan fingerprint density at radius 1 is 1.28 bits per heavy atom. The molecule has 0 amide bonds. The van der Waals surface area contributed by atoms with Crippen LogP contribution in [-0.4, -0.2) is 23.5 Å². The lowest BCUT2D eigenvalue weighted by Crippen LogP contribution is -2.33. The van der Waals surface area contributed by atoms with E-state index in [0.29, 0.717) is 11.9 Å². The van der Waals surface area contributed by atoms with E-state index in [0.717, 1.165) is 22.2 Å². The standard InChI is InChI=1S/C14H16BrClN2/c1-10(2)18(9-7-16)14-12-4-3-5-13(15)11(12)6-8-17-14/h3-6,8,10H,7,9H2,1-2H3. The summed E-state index contributed by atoms with van der Waals surface area (Å²) in [4.78, 5) is 6.77. The Bertz CT molecular complexity index is 542. The SMILES string of the molecule is CC(C)N(CCCl)c1nccc2c(Br)cccc12. The van der Waals surface area contributed by atoms with Gasteiger partial charge in [-0.15, -0.1) is 11.6 Å². The van der Waals surface area contributed by atoms with Gasteiger partial charge in [0.15, 0.2) is 0 Å². The monoisotopic (exact) mass is 326 g/mol. The molecular formula is C14H16BrClN2. The number of hydrogen-bond acceptors (Lipinski definition) is 2. The van der Waals surface area contributed by atoms with Crippen molar-refractivity contribution in [3.05, 3.63) is 34.9 Å². The van der Waals surface area contributed by atoms with Gasteiger partial charge in [0.05, 0.1) is 0 Å². The minimum atomic E-state index is 0.376. The second-order valence-electron chi connectivity index (χ2n) is 4.45. The molecule has 0 N–H and O–H groups in total. The summed E-state index contributed by atoms with van der Waals surface area (Å²) >= 11 is 9.48. The third-order valence-corrected chi connectivity index (χ3v) is 3.81. The van der Waals surface area contributed by atoms with E-state index in [4.69, 9.17) is 11.6 Å². The summed E-state index contributed by atoms with van der Waals surface area (Å²) in [5, 5.41) is 2.34. The number of alkyl halides is 1. The number of benzene rings is 1. The van der Waals surface area contributed by atoms with Crippen LogP contribution in [0.2, 0.25) is 0 Å². The number of rotatable bonds is 4. The Hall–Kier alpha value is -0.800. The van der Waals surface area contributed by atoms with E-state index in [1.807, 2.05) is 24.4 Å². The number of hydrogen-bond donors (Lipinski definition) is 0. The van der Waals surface area contributed by atoms with Crippen LogP contribution in [0.4, 0.5) is 5.82 Å². The second kappa shape index (κ2) is 5.89. The highest BCUT2D eigenvalue weighted by Gasteiger charge is 2.14. The fourth-order valence-electron chi connectivity index (χ4n) is 2.08. The molecule has 1 heterocycles. The van der Waals surface area contributed by atoms with Crippen LogP contribution in [0.1, 0.15) is 13.8 Å². The highest BCUT2D eigenvalue weighted by atomic mass is 79.9. The molecule has 0 aliphatic carbocycles. The van der Waals surface area contributed by atoms with Gasteiger partial charge >= 0.3 is 0 Å². The van der Waals surface area contributed by atoms with Gasteiger partial charge in [0, 0.05) is 39.9 Å². The molecule has 0 bridgehead atoms. The van der Waals surface area contributed by atoms with Crippen molar-refractivity contribution in [3.63, 3.8) is 0 Å². The molecule has 1 aromatic carbocycles. The zero-order valence-electron chi connectivity index (χ0n) is 10.5. The lowest BCUT2D eigenvalue weighted by molar-refractivity contribution is 0.698. The number of nitrogens with zero attached hydrogens (tertiary/aromatic N) is 2. The van der Waals surface area contributed by atoms with E-state index in [-0.39, 0.29) is 0 Å². The molecule has 0 radical (unpaired) electrons. The summed E-state index contributed by atoms with van der Waals surface area (Å²) in [5.41, 5.74) is 0. The van der Waals surface area contributed by atoms with Gasteiger partial charge in [-0.3, -0.25) is 0 Å². The number of anilines is 1. The zero-order valence-corrected chi connectivity index (χ0v) is 12.9. The summed E-state index contributed by atoms with van der Waals surface area (Å²) in [6, 6.07) is 8.60. The molecule has 0 saturated heterocycles. The van der Waals surface area contributed by atoms with E-state index in [2.05, 4.69) is 45.7 Å². The van der Waals surface area contributed by atoms with Crippen molar-refractivity contribution < 1.29 is 0 Å². The molecule has 18 heavy (non-hydrogen) atoms. The Kier molecular flexibility index (Phi) is 4.46. The van der Waals surface area contributed by atoms with Crippen molar-refractivity contribution in [2.45, 2.75) is 19.9 Å². The summed E-state index contributed by atoms with van der Waals surface area (Å²) in [5.74, 6) is 1.61. The summed E-state index contributed by atoms with van der Waals surface area (Å²) in [7, 11) is 0. The van der Waals surface area contributed by atoms with Crippen molar-refractivity contribution in [3.8, 4) is 0 Å². The van der Waals surface area contributed by atoms with Crippen LogP contribution < -0.4 is 4.90 Å². The summed E-state index contributed by atoms with van der Waals surface area (Å²) in [6.07, 6.45) is 1.85. The van der Waals surface area contributed by atoms with Crippen LogP contribution in [0.15, 0.2) is 34.9 Å². The number of pyridine rings is 1. The average molecular weight is 328 g/mol. The highest BCUT2D eigenvalue weighted by Crippen LogP contribution is 2.30. The van der Waals surface area contributed by atoms with Gasteiger partial charge in [-0.2, -0.15) is 0 Å². The normalized spacial score (nSPS) is 11.2. The molecule has 0 spiro atoms. The third-order valence-electron chi connectivity index (χ3n) is 2.95. The Labute approximate surface area is 121 Å². The summed E-state index contributed by atoms with van der Waals surface area (Å²) in [6.45, 7) is 5.12. The van der Waals surface area contributed by atoms with E-state index < -0.39 is 0 Å². The Morgan fingerprint density at radius 3 is 2.72 bits per heavy atom. The predicted octanol–water partition coefficient (Wildman–Crippen LogP) is 4.45. The molecule has 4 heteroatoms. The quantitative estimate of drug-likeness (QED) is 0.771. The predicted molar refractivity (Wildman–Crippen MR) is 82.6 cm³/mol. The molecule has 1 aromatic heterocycles. The van der Waals surface area contributed by atoms with Gasteiger partial charge in [0.25, 0.3) is 0 Å². The van der Waals surface area contributed by atoms with Crippen LogP contribution >= 0.6 is 27.5 Å². The van der Waals surface area contributed by atoms with Gasteiger partial charge < -0.3 is 4.90 Å². The largest absolute Gasteiger partial charge is 0.352 e. The lowest BCUT2D eigenvalue weighted by Gasteiger charge is -2.28. The van der Waals surface area contributed by atoms with E-state index in [1.54, 1.807) is 0 Å². The first-order valence-corrected chi connectivity index (χ1v) is 7.33. The van der Waals surface area contributed by atoms with Crippen molar-refractivity contribution in [1.29, 1.82) is 0 Å². The van der Waals surface area contributed by atoms with Crippen LogP contribution in [0.25, 0.3) is 10.8 Å². The van der Waals surface area contributed by atoms with Crippen LogP contribution in [-0.2, 0) is 0 Å². The second-order valence-corrected chi connectivity index (χ2v) is 5.68. The first kappa shape index (κ1) is 13.6. The minimum Gasteiger partial charge on any atom is -0.352 e. The fraction of sp³-hybridized carbons (Fsp3) is 0.357. The number of fused-ring (bicyclic) bond motifs is 1. The Balaban J connectivity index is 2.59. The van der Waals surface area contributed by atoms with Crippen molar-refractivity contribution in [1.82, 2.24) is 4.98 Å². The molecule has 0 atom stereocenters. The van der Waals surface area contributed by atoms with Crippen LogP contribution in [0.5, 0.6) is 0 Å². The van der Waals surface area contributed by atoms with Crippen molar-refractivity contribution >= 4 is 44.1 Å². The maximum absolute atomic E-state index is 5.89. The molecule has 0 unspecified atom stereocenters. The fourth-order valence-corrected chi connectivity index (χ4v) is 2.76. The Morgan fingerprint density at radius 2 is 2.06 bits per heavy atom. The molecular weight excluding hydrogens is 312 g/mol. The molecule has 96 valence electrons. The van der Waals surface area contributed by atoms with E-state index in [1.165, 1.54) is 5.39 Å². The smallest absolute Gasteiger partial charge is 0.136 e. The van der Waals surface area contributed by atoms with Crippen LogP contribution in [0, 0.1) is 0 Å². The molecule has 0 saturated carbocycles. The molecule has 0 fully saturated rings. The molecule has 0 aliphatic rings. The van der Waals surface area contributed by atoms with Gasteiger partial charge in [0.2, 0.25) is 0 Å². The van der Waals surface area contributed by atoms with Crippen LogP contribution in [0.3, 0.4) is 0 Å². The van der Waals surface area contributed by atoms with Gasteiger partial charge in [-0.25, -0.2) is 4.98 Å². The first-order chi connectivity index (χ1) is 8.65.